The molecule has 102 valence electrons. The lowest BCUT2D eigenvalue weighted by molar-refractivity contribution is -0.385. The number of rotatable bonds is 4. The van der Waals surface area contributed by atoms with E-state index >= 15 is 0 Å². The number of hydrogen-bond acceptors (Lipinski definition) is 5. The first-order chi connectivity index (χ1) is 9.49. The van der Waals surface area contributed by atoms with Crippen molar-refractivity contribution in [2.24, 2.45) is 0 Å². The topological polar surface area (TPSA) is 103 Å². The van der Waals surface area contributed by atoms with E-state index in [1.165, 1.54) is 24.4 Å². The number of pyridine rings is 1. The highest BCUT2D eigenvalue weighted by Crippen LogP contribution is 2.32. The van der Waals surface area contributed by atoms with Crippen LogP contribution in [-0.2, 0) is 0 Å². The first kappa shape index (κ1) is 13.8. The highest BCUT2D eigenvalue weighted by atomic mass is 35.5. The van der Waals surface area contributed by atoms with Crippen LogP contribution in [0.4, 0.5) is 5.69 Å². The molecule has 0 aliphatic heterocycles. The third-order valence-corrected chi connectivity index (χ3v) is 2.59. The summed E-state index contributed by atoms with van der Waals surface area (Å²) in [7, 11) is 0. The number of nitro groups is 1. The van der Waals surface area contributed by atoms with Gasteiger partial charge in [0.05, 0.1) is 11.1 Å². The summed E-state index contributed by atoms with van der Waals surface area (Å²) in [6, 6.07) is 5.10. The fourth-order valence-electron chi connectivity index (χ4n) is 1.48. The molecule has 7 nitrogen and oxygen atoms in total. The number of halogens is 1. The van der Waals surface area contributed by atoms with Crippen molar-refractivity contribution < 1.29 is 19.6 Å². The smallest absolute Gasteiger partial charge is 0.339 e. The van der Waals surface area contributed by atoms with Gasteiger partial charge in [-0.15, -0.1) is 0 Å². The van der Waals surface area contributed by atoms with Crippen LogP contribution in [0.1, 0.15) is 10.4 Å². The molecule has 0 saturated carbocycles. The van der Waals surface area contributed by atoms with Gasteiger partial charge in [-0.2, -0.15) is 0 Å². The molecular formula is C12H7ClN2O5. The molecule has 2 aromatic rings. The Morgan fingerprint density at radius 1 is 1.35 bits per heavy atom. The van der Waals surface area contributed by atoms with Gasteiger partial charge in [0, 0.05) is 17.3 Å². The van der Waals surface area contributed by atoms with E-state index < -0.39 is 10.9 Å². The molecule has 0 fully saturated rings. The molecule has 0 amide bonds. The van der Waals surface area contributed by atoms with E-state index in [2.05, 4.69) is 4.98 Å². The number of ether oxygens (including phenoxy) is 1. The van der Waals surface area contributed by atoms with Crippen LogP contribution in [0.5, 0.6) is 11.5 Å². The number of carbonyl (C=O) groups is 1. The molecule has 1 aromatic carbocycles. The second-order valence-electron chi connectivity index (χ2n) is 3.65. The van der Waals surface area contributed by atoms with Gasteiger partial charge in [0.15, 0.2) is 0 Å². The van der Waals surface area contributed by atoms with Gasteiger partial charge in [-0.3, -0.25) is 15.1 Å². The van der Waals surface area contributed by atoms with E-state index in [0.29, 0.717) is 0 Å². The van der Waals surface area contributed by atoms with Crippen molar-refractivity contribution in [1.29, 1.82) is 0 Å². The molecule has 0 atom stereocenters. The fraction of sp³-hybridized carbons (Fsp3) is 0. The van der Waals surface area contributed by atoms with Gasteiger partial charge in [-0.1, -0.05) is 11.6 Å². The SMILES string of the molecule is O=C(O)c1cc(Cl)ccc1Oc1cnccc1[N+](=O)[O-]. The van der Waals surface area contributed by atoms with Gasteiger partial charge in [0.25, 0.3) is 0 Å². The Morgan fingerprint density at radius 3 is 2.75 bits per heavy atom. The average molecular weight is 295 g/mol. The van der Waals surface area contributed by atoms with Crippen LogP contribution in [0.15, 0.2) is 36.7 Å². The number of carboxylic acids is 1. The van der Waals surface area contributed by atoms with E-state index in [-0.39, 0.29) is 27.8 Å². The fourth-order valence-corrected chi connectivity index (χ4v) is 1.65. The number of carboxylic acid groups (broad SMARTS) is 1. The first-order valence-electron chi connectivity index (χ1n) is 5.28. The van der Waals surface area contributed by atoms with Gasteiger partial charge in [0.2, 0.25) is 5.75 Å². The Bertz CT molecular complexity index is 689. The number of hydrogen-bond donors (Lipinski definition) is 1. The summed E-state index contributed by atoms with van der Waals surface area (Å²) in [5.74, 6) is -1.46. The van der Waals surface area contributed by atoms with Crippen molar-refractivity contribution in [3.8, 4) is 11.5 Å². The molecule has 1 N–H and O–H groups in total. The highest BCUT2D eigenvalue weighted by molar-refractivity contribution is 6.31. The highest BCUT2D eigenvalue weighted by Gasteiger charge is 2.19. The first-order valence-corrected chi connectivity index (χ1v) is 5.66. The largest absolute Gasteiger partial charge is 0.478 e. The van der Waals surface area contributed by atoms with Crippen molar-refractivity contribution >= 4 is 23.3 Å². The van der Waals surface area contributed by atoms with E-state index in [9.17, 15) is 14.9 Å². The molecule has 1 aromatic heterocycles. The van der Waals surface area contributed by atoms with E-state index in [4.69, 9.17) is 21.4 Å². The van der Waals surface area contributed by atoms with Crippen LogP contribution in [0.3, 0.4) is 0 Å². The van der Waals surface area contributed by atoms with Crippen molar-refractivity contribution in [3.63, 3.8) is 0 Å². The van der Waals surface area contributed by atoms with Gasteiger partial charge in [-0.05, 0) is 18.2 Å². The second kappa shape index (κ2) is 5.54. The summed E-state index contributed by atoms with van der Waals surface area (Å²) >= 11 is 5.71. The molecule has 1 heterocycles. The van der Waals surface area contributed by atoms with Crippen LogP contribution < -0.4 is 4.74 Å². The zero-order valence-electron chi connectivity index (χ0n) is 9.82. The summed E-state index contributed by atoms with van der Waals surface area (Å²) in [5.41, 5.74) is -0.512. The van der Waals surface area contributed by atoms with E-state index in [1.54, 1.807) is 0 Å². The predicted molar refractivity (Wildman–Crippen MR) is 69.4 cm³/mol. The van der Waals surface area contributed by atoms with Gasteiger partial charge in [0.1, 0.15) is 11.3 Å². The molecule has 20 heavy (non-hydrogen) atoms. The van der Waals surface area contributed by atoms with Crippen molar-refractivity contribution in [2.45, 2.75) is 0 Å². The Labute approximate surface area is 117 Å². The van der Waals surface area contributed by atoms with Crippen molar-refractivity contribution in [1.82, 2.24) is 4.98 Å². The number of aromatic carboxylic acids is 1. The zero-order chi connectivity index (χ0) is 14.7. The van der Waals surface area contributed by atoms with E-state index in [0.717, 1.165) is 12.3 Å². The minimum Gasteiger partial charge on any atom is -0.478 e. The number of aromatic nitrogens is 1. The third kappa shape index (κ3) is 2.83. The van der Waals surface area contributed by atoms with Crippen LogP contribution in [0.25, 0.3) is 0 Å². The number of benzene rings is 1. The molecule has 0 spiro atoms. The van der Waals surface area contributed by atoms with Gasteiger partial charge < -0.3 is 9.84 Å². The molecule has 0 aliphatic carbocycles. The molecule has 8 heteroatoms. The summed E-state index contributed by atoms with van der Waals surface area (Å²) in [6.07, 6.45) is 2.38. The quantitative estimate of drug-likeness (QED) is 0.686. The molecule has 0 bridgehead atoms. The second-order valence-corrected chi connectivity index (χ2v) is 4.08. The van der Waals surface area contributed by atoms with Gasteiger partial charge >= 0.3 is 11.7 Å². The van der Waals surface area contributed by atoms with Crippen molar-refractivity contribution in [2.75, 3.05) is 0 Å². The number of nitrogens with zero attached hydrogens (tertiary/aromatic N) is 2. The summed E-state index contributed by atoms with van der Waals surface area (Å²) in [6.45, 7) is 0. The summed E-state index contributed by atoms with van der Waals surface area (Å²) in [5, 5.41) is 20.1. The Kier molecular flexibility index (Phi) is 3.81. The van der Waals surface area contributed by atoms with Crippen LogP contribution in [0, 0.1) is 10.1 Å². The Morgan fingerprint density at radius 2 is 2.10 bits per heavy atom. The van der Waals surface area contributed by atoms with Crippen LogP contribution >= 0.6 is 11.6 Å². The summed E-state index contributed by atoms with van der Waals surface area (Å²) in [4.78, 5) is 25.0. The Hall–Kier alpha value is -2.67. The monoisotopic (exact) mass is 294 g/mol. The van der Waals surface area contributed by atoms with E-state index in [1.807, 2.05) is 0 Å². The lowest BCUT2D eigenvalue weighted by Crippen LogP contribution is -2.01. The molecule has 0 unspecified atom stereocenters. The maximum Gasteiger partial charge on any atom is 0.339 e. The average Bonchev–Trinajstić information content (AvgIpc) is 2.41. The molecular weight excluding hydrogens is 288 g/mol. The lowest BCUT2D eigenvalue weighted by Gasteiger charge is -2.08. The normalized spacial score (nSPS) is 10.1. The molecule has 2 rings (SSSR count). The zero-order valence-corrected chi connectivity index (χ0v) is 10.6. The molecule has 0 aliphatic rings. The maximum atomic E-state index is 11.1. The van der Waals surface area contributed by atoms with Crippen LogP contribution in [-0.4, -0.2) is 21.0 Å². The van der Waals surface area contributed by atoms with Gasteiger partial charge in [-0.25, -0.2) is 4.79 Å². The third-order valence-electron chi connectivity index (χ3n) is 2.35. The molecule has 0 saturated heterocycles. The lowest BCUT2D eigenvalue weighted by atomic mass is 10.2. The predicted octanol–water partition coefficient (Wildman–Crippen LogP) is 3.13. The minimum atomic E-state index is -1.26. The maximum absolute atomic E-state index is 11.1. The molecule has 0 radical (unpaired) electrons. The summed E-state index contributed by atoms with van der Waals surface area (Å²) < 4.78 is 5.27. The standard InChI is InChI=1S/C12H7ClN2O5/c13-7-1-2-10(8(5-7)12(16)17)20-11-6-14-4-3-9(11)15(18)19/h1-6H,(H,16,17). The Balaban J connectivity index is 2.45. The van der Waals surface area contributed by atoms with Crippen molar-refractivity contribution in [3.05, 3.63) is 57.4 Å². The van der Waals surface area contributed by atoms with Crippen LogP contribution in [0.2, 0.25) is 5.02 Å². The minimum absolute atomic E-state index is 0.0574.